The third-order valence-electron chi connectivity index (χ3n) is 2.96. The molecule has 0 fully saturated rings. The predicted octanol–water partition coefficient (Wildman–Crippen LogP) is 2.01. The summed E-state index contributed by atoms with van der Waals surface area (Å²) in [5.41, 5.74) is 2.98. The first kappa shape index (κ1) is 11.5. The lowest BCUT2D eigenvalue weighted by Crippen LogP contribution is -2.14. The van der Waals surface area contributed by atoms with Crippen LogP contribution >= 0.6 is 0 Å². The molecule has 0 bridgehead atoms. The lowest BCUT2D eigenvalue weighted by atomic mass is 10.1. The largest absolute Gasteiger partial charge is 0.497 e. The number of fused-ring (bicyclic) bond motifs is 1. The second-order valence-electron chi connectivity index (χ2n) is 4.33. The Kier molecular flexibility index (Phi) is 2.59. The number of hydrogen-bond acceptors (Lipinski definition) is 3. The van der Waals surface area contributed by atoms with Gasteiger partial charge in [0, 0.05) is 23.4 Å². The van der Waals surface area contributed by atoms with Crippen molar-refractivity contribution in [2.45, 2.75) is 6.92 Å². The molecule has 2 heterocycles. The van der Waals surface area contributed by atoms with E-state index >= 15 is 0 Å². The number of nitrogens with one attached hydrogen (secondary N) is 1. The van der Waals surface area contributed by atoms with E-state index in [1.54, 1.807) is 14.0 Å². The Bertz CT molecular complexity index is 802. The number of hydrogen-bond donors (Lipinski definition) is 1. The molecular weight excluding hydrogens is 242 g/mol. The van der Waals surface area contributed by atoms with E-state index in [0.717, 1.165) is 17.0 Å². The van der Waals surface area contributed by atoms with Crippen molar-refractivity contribution < 1.29 is 4.74 Å². The minimum Gasteiger partial charge on any atom is -0.497 e. The first-order valence-electron chi connectivity index (χ1n) is 5.91. The van der Waals surface area contributed by atoms with Gasteiger partial charge in [-0.25, -0.2) is 9.50 Å². The molecule has 19 heavy (non-hydrogen) atoms. The minimum absolute atomic E-state index is 0.114. The monoisotopic (exact) mass is 255 g/mol. The summed E-state index contributed by atoms with van der Waals surface area (Å²) in [6.45, 7) is 1.81. The average molecular weight is 255 g/mol. The maximum absolute atomic E-state index is 11.8. The Morgan fingerprint density at radius 2 is 2.11 bits per heavy atom. The molecule has 5 heteroatoms. The fraction of sp³-hybridized carbons (Fsp3) is 0.143. The summed E-state index contributed by atoms with van der Waals surface area (Å²) in [6, 6.07) is 11.0. The molecule has 0 aliphatic rings. The zero-order valence-electron chi connectivity index (χ0n) is 10.7. The maximum Gasteiger partial charge on any atom is 0.272 e. The Morgan fingerprint density at radius 3 is 2.89 bits per heavy atom. The Morgan fingerprint density at radius 1 is 1.26 bits per heavy atom. The lowest BCUT2D eigenvalue weighted by Gasteiger charge is -2.01. The second kappa shape index (κ2) is 4.28. The Hall–Kier alpha value is -2.56. The summed E-state index contributed by atoms with van der Waals surface area (Å²) < 4.78 is 6.63. The average Bonchev–Trinajstić information content (AvgIpc) is 2.83. The molecule has 0 unspecified atom stereocenters. The van der Waals surface area contributed by atoms with Crippen LogP contribution in [0.5, 0.6) is 5.75 Å². The molecule has 3 aromatic rings. The summed E-state index contributed by atoms with van der Waals surface area (Å²) in [5, 5.41) is 3.04. The van der Waals surface area contributed by atoms with E-state index in [1.165, 1.54) is 10.6 Å². The molecule has 0 radical (unpaired) electrons. The number of H-pyrrole nitrogens is 1. The number of rotatable bonds is 2. The van der Waals surface area contributed by atoms with Crippen molar-refractivity contribution in [3.63, 3.8) is 0 Å². The first-order chi connectivity index (χ1) is 9.17. The van der Waals surface area contributed by atoms with Crippen LogP contribution in [0.15, 0.2) is 41.2 Å². The maximum atomic E-state index is 11.8. The van der Waals surface area contributed by atoms with Gasteiger partial charge in [-0.2, -0.15) is 0 Å². The molecule has 0 atom stereocenters. The molecule has 2 aromatic heterocycles. The molecule has 0 amide bonds. The number of nitrogens with zero attached hydrogens (tertiary/aromatic N) is 2. The second-order valence-corrected chi connectivity index (χ2v) is 4.33. The van der Waals surface area contributed by atoms with Crippen LogP contribution in [-0.4, -0.2) is 21.7 Å². The zero-order chi connectivity index (χ0) is 13.4. The highest BCUT2D eigenvalue weighted by Crippen LogP contribution is 2.22. The third-order valence-corrected chi connectivity index (χ3v) is 2.96. The van der Waals surface area contributed by atoms with Crippen molar-refractivity contribution in [2.24, 2.45) is 0 Å². The number of aromatic nitrogens is 3. The fourth-order valence-corrected chi connectivity index (χ4v) is 2.05. The van der Waals surface area contributed by atoms with Crippen molar-refractivity contribution >= 4 is 5.65 Å². The molecule has 1 aromatic carbocycles. The lowest BCUT2D eigenvalue weighted by molar-refractivity contribution is 0.415. The van der Waals surface area contributed by atoms with Gasteiger partial charge in [-0.05, 0) is 19.1 Å². The van der Waals surface area contributed by atoms with Crippen molar-refractivity contribution in [3.8, 4) is 17.0 Å². The van der Waals surface area contributed by atoms with Gasteiger partial charge in [0.15, 0.2) is 5.65 Å². The van der Waals surface area contributed by atoms with E-state index in [4.69, 9.17) is 4.74 Å². The molecule has 96 valence electrons. The number of aryl methyl sites for hydroxylation is 1. The summed E-state index contributed by atoms with van der Waals surface area (Å²) >= 11 is 0. The molecule has 1 N–H and O–H groups in total. The highest BCUT2D eigenvalue weighted by Gasteiger charge is 2.07. The zero-order valence-corrected chi connectivity index (χ0v) is 10.7. The van der Waals surface area contributed by atoms with Gasteiger partial charge < -0.3 is 4.74 Å². The normalized spacial score (nSPS) is 10.8. The molecule has 5 nitrogen and oxygen atoms in total. The number of benzene rings is 1. The minimum atomic E-state index is -0.114. The summed E-state index contributed by atoms with van der Waals surface area (Å²) in [6.07, 6.45) is 0. The van der Waals surface area contributed by atoms with Gasteiger partial charge >= 0.3 is 0 Å². The fourth-order valence-electron chi connectivity index (χ4n) is 2.05. The summed E-state index contributed by atoms with van der Waals surface area (Å²) in [4.78, 5) is 16.2. The van der Waals surface area contributed by atoms with Gasteiger partial charge in [0.25, 0.3) is 5.56 Å². The molecular formula is C14H13N3O2. The van der Waals surface area contributed by atoms with Crippen LogP contribution in [0.3, 0.4) is 0 Å². The van der Waals surface area contributed by atoms with Crippen LogP contribution < -0.4 is 10.3 Å². The van der Waals surface area contributed by atoms with E-state index in [0.29, 0.717) is 11.3 Å². The number of ether oxygens (including phenoxy) is 1. The smallest absolute Gasteiger partial charge is 0.272 e. The standard InChI is InChI=1S/C14H13N3O2/c1-9-6-14(18)17-13(15-9)8-12(16-17)10-4-3-5-11(7-10)19-2/h3-8,16H,1-2H3. The molecule has 0 aliphatic heterocycles. The summed E-state index contributed by atoms with van der Waals surface area (Å²) in [5.74, 6) is 0.771. The van der Waals surface area contributed by atoms with E-state index < -0.39 is 0 Å². The molecule has 0 spiro atoms. The molecule has 0 saturated carbocycles. The van der Waals surface area contributed by atoms with Crippen molar-refractivity contribution in [1.29, 1.82) is 0 Å². The predicted molar refractivity (Wildman–Crippen MR) is 72.5 cm³/mol. The summed E-state index contributed by atoms with van der Waals surface area (Å²) in [7, 11) is 1.62. The molecule has 0 saturated heterocycles. The number of aromatic amines is 1. The van der Waals surface area contributed by atoms with Gasteiger partial charge in [-0.15, -0.1) is 0 Å². The van der Waals surface area contributed by atoms with Crippen LogP contribution in [0.1, 0.15) is 5.69 Å². The highest BCUT2D eigenvalue weighted by atomic mass is 16.5. The molecule has 3 rings (SSSR count). The van der Waals surface area contributed by atoms with Crippen LogP contribution in [0.4, 0.5) is 0 Å². The Balaban J connectivity index is 2.20. The van der Waals surface area contributed by atoms with Crippen LogP contribution in [0.25, 0.3) is 16.9 Å². The van der Waals surface area contributed by atoms with Crippen LogP contribution in [0.2, 0.25) is 0 Å². The topological polar surface area (TPSA) is 59.4 Å². The van der Waals surface area contributed by atoms with E-state index in [9.17, 15) is 4.79 Å². The van der Waals surface area contributed by atoms with Crippen molar-refractivity contribution in [3.05, 3.63) is 52.4 Å². The first-order valence-corrected chi connectivity index (χ1v) is 5.91. The van der Waals surface area contributed by atoms with E-state index in [1.807, 2.05) is 30.3 Å². The van der Waals surface area contributed by atoms with E-state index in [-0.39, 0.29) is 5.56 Å². The van der Waals surface area contributed by atoms with Gasteiger partial charge in [0.1, 0.15) is 5.75 Å². The van der Waals surface area contributed by atoms with Crippen molar-refractivity contribution in [2.75, 3.05) is 7.11 Å². The van der Waals surface area contributed by atoms with Gasteiger partial charge in [0.2, 0.25) is 0 Å². The Labute approximate surface area is 109 Å². The third kappa shape index (κ3) is 1.99. The quantitative estimate of drug-likeness (QED) is 0.762. The van der Waals surface area contributed by atoms with Crippen LogP contribution in [-0.2, 0) is 0 Å². The molecule has 0 aliphatic carbocycles. The van der Waals surface area contributed by atoms with Gasteiger partial charge in [-0.3, -0.25) is 9.89 Å². The van der Waals surface area contributed by atoms with Gasteiger partial charge in [0.05, 0.1) is 12.8 Å². The van der Waals surface area contributed by atoms with Crippen LogP contribution in [0, 0.1) is 6.92 Å². The van der Waals surface area contributed by atoms with Gasteiger partial charge in [-0.1, -0.05) is 12.1 Å². The number of methoxy groups -OCH3 is 1. The SMILES string of the molecule is COc1cccc(-c2cc3nc(C)cc(=O)n3[nH]2)c1. The van der Waals surface area contributed by atoms with E-state index in [2.05, 4.69) is 10.1 Å². The highest BCUT2D eigenvalue weighted by molar-refractivity contribution is 5.65. The van der Waals surface area contributed by atoms with Crippen molar-refractivity contribution in [1.82, 2.24) is 14.6 Å².